The molecular formula is C21H22N2O5S. The summed E-state index contributed by atoms with van der Waals surface area (Å²) in [7, 11) is 3.21. The van der Waals surface area contributed by atoms with Gasteiger partial charge in [0.25, 0.3) is 5.91 Å². The van der Waals surface area contributed by atoms with Crippen LogP contribution < -0.4 is 19.5 Å². The Balaban J connectivity index is 1.85. The number of carbonyl (C=O) groups excluding carboxylic acids is 1. The van der Waals surface area contributed by atoms with Crippen LogP contribution in [-0.4, -0.2) is 37.8 Å². The van der Waals surface area contributed by atoms with Gasteiger partial charge in [-0.3, -0.25) is 10.1 Å². The lowest BCUT2D eigenvalue weighted by Crippen LogP contribution is -2.18. The molecule has 0 aliphatic heterocycles. The number of carbonyl (C=O) groups is 1. The Morgan fingerprint density at radius 3 is 2.45 bits per heavy atom. The lowest BCUT2D eigenvalue weighted by Gasteiger charge is -2.16. The van der Waals surface area contributed by atoms with Gasteiger partial charge in [0.05, 0.1) is 13.7 Å². The van der Waals surface area contributed by atoms with E-state index in [4.69, 9.17) is 18.9 Å². The Kier molecular flexibility index (Phi) is 7.04. The topological polar surface area (TPSA) is 78.9 Å². The molecule has 152 valence electrons. The molecule has 1 amide bonds. The van der Waals surface area contributed by atoms with Gasteiger partial charge >= 0.3 is 0 Å². The molecule has 29 heavy (non-hydrogen) atoms. The van der Waals surface area contributed by atoms with E-state index >= 15 is 0 Å². The number of aromatic nitrogens is 1. The number of hydrogen-bond acceptors (Lipinski definition) is 7. The molecule has 0 spiro atoms. The second-order valence-corrected chi connectivity index (χ2v) is 7.04. The summed E-state index contributed by atoms with van der Waals surface area (Å²) in [6.45, 7) is 2.31. The predicted octanol–water partition coefficient (Wildman–Crippen LogP) is 4.61. The average Bonchev–Trinajstić information content (AvgIpc) is 3.21. The normalized spacial score (nSPS) is 11.6. The van der Waals surface area contributed by atoms with E-state index in [0.29, 0.717) is 34.6 Å². The Morgan fingerprint density at radius 1 is 1.07 bits per heavy atom. The quantitative estimate of drug-likeness (QED) is 0.551. The predicted molar refractivity (Wildman–Crippen MR) is 112 cm³/mol. The van der Waals surface area contributed by atoms with E-state index in [1.807, 2.05) is 6.92 Å². The highest BCUT2D eigenvalue weighted by atomic mass is 32.1. The van der Waals surface area contributed by atoms with E-state index in [-0.39, 0.29) is 12.0 Å². The van der Waals surface area contributed by atoms with Gasteiger partial charge in [-0.05, 0) is 43.3 Å². The van der Waals surface area contributed by atoms with Gasteiger partial charge in [-0.25, -0.2) is 4.98 Å². The van der Waals surface area contributed by atoms with Crippen LogP contribution in [0, 0.1) is 0 Å². The summed E-state index contributed by atoms with van der Waals surface area (Å²) in [5, 5.41) is 5.08. The van der Waals surface area contributed by atoms with E-state index < -0.39 is 0 Å². The van der Waals surface area contributed by atoms with Crippen molar-refractivity contribution in [3.05, 3.63) is 59.6 Å². The first kappa shape index (κ1) is 20.6. The van der Waals surface area contributed by atoms with Crippen molar-refractivity contribution in [1.82, 2.24) is 4.98 Å². The van der Waals surface area contributed by atoms with Crippen molar-refractivity contribution in [3.63, 3.8) is 0 Å². The molecule has 0 saturated carbocycles. The average molecular weight is 414 g/mol. The summed E-state index contributed by atoms with van der Waals surface area (Å²) in [6, 6.07) is 12.2. The van der Waals surface area contributed by atoms with Gasteiger partial charge in [-0.15, -0.1) is 11.3 Å². The number of nitrogens with one attached hydrogen (secondary N) is 1. The molecule has 0 aliphatic rings. The zero-order chi connectivity index (χ0) is 20.6. The molecule has 0 aliphatic carbocycles. The summed E-state index contributed by atoms with van der Waals surface area (Å²) in [4.78, 5) is 16.7. The lowest BCUT2D eigenvalue weighted by atomic mass is 10.2. The highest BCUT2D eigenvalue weighted by Crippen LogP contribution is 2.29. The smallest absolute Gasteiger partial charge is 0.257 e. The minimum Gasteiger partial charge on any atom is -0.497 e. The number of ether oxygens (including phenoxy) is 4. The van der Waals surface area contributed by atoms with E-state index in [1.54, 1.807) is 68.3 Å². The highest BCUT2D eigenvalue weighted by molar-refractivity contribution is 7.13. The van der Waals surface area contributed by atoms with E-state index in [2.05, 4.69) is 10.3 Å². The first-order valence-corrected chi connectivity index (χ1v) is 9.79. The highest BCUT2D eigenvalue weighted by Gasteiger charge is 2.14. The van der Waals surface area contributed by atoms with Gasteiger partial charge in [0.15, 0.2) is 5.13 Å². The fourth-order valence-electron chi connectivity index (χ4n) is 2.57. The van der Waals surface area contributed by atoms with Crippen LogP contribution in [0.3, 0.4) is 0 Å². The van der Waals surface area contributed by atoms with Crippen molar-refractivity contribution >= 4 is 22.4 Å². The third-order valence-corrected chi connectivity index (χ3v) is 4.52. The Bertz CT molecular complexity index is 929. The molecule has 0 fully saturated rings. The minimum atomic E-state index is -0.302. The maximum absolute atomic E-state index is 12.7. The van der Waals surface area contributed by atoms with Gasteiger partial charge in [-0.2, -0.15) is 0 Å². The van der Waals surface area contributed by atoms with Crippen LogP contribution in [0.1, 0.15) is 17.3 Å². The number of benzene rings is 2. The summed E-state index contributed by atoms with van der Waals surface area (Å²) in [5.41, 5.74) is 0.394. The largest absolute Gasteiger partial charge is 0.497 e. The number of methoxy groups -OCH3 is 2. The van der Waals surface area contributed by atoms with Gasteiger partial charge in [-0.1, -0.05) is 0 Å². The molecule has 0 saturated heterocycles. The third kappa shape index (κ3) is 5.94. The first-order chi connectivity index (χ1) is 14.1. The van der Waals surface area contributed by atoms with Crippen LogP contribution in [0.2, 0.25) is 0 Å². The summed E-state index contributed by atoms with van der Waals surface area (Å²) < 4.78 is 22.1. The Hall–Kier alpha value is -3.10. The van der Waals surface area contributed by atoms with Crippen molar-refractivity contribution in [1.29, 1.82) is 0 Å². The first-order valence-electron chi connectivity index (χ1n) is 8.91. The molecule has 1 atom stereocenters. The van der Waals surface area contributed by atoms with Crippen LogP contribution in [0.4, 0.5) is 5.13 Å². The van der Waals surface area contributed by atoms with Crippen LogP contribution >= 0.6 is 11.3 Å². The van der Waals surface area contributed by atoms with E-state index in [1.165, 1.54) is 11.3 Å². The number of amides is 1. The molecule has 0 unspecified atom stereocenters. The second-order valence-electron chi connectivity index (χ2n) is 6.15. The van der Waals surface area contributed by atoms with Crippen LogP contribution in [0.15, 0.2) is 54.0 Å². The van der Waals surface area contributed by atoms with Crippen molar-refractivity contribution in [2.75, 3.05) is 26.1 Å². The Labute approximate surface area is 173 Å². The molecule has 1 aromatic heterocycles. The van der Waals surface area contributed by atoms with Crippen molar-refractivity contribution in [3.8, 4) is 23.0 Å². The zero-order valence-corrected chi connectivity index (χ0v) is 17.2. The second kappa shape index (κ2) is 9.90. The van der Waals surface area contributed by atoms with Crippen molar-refractivity contribution in [2.45, 2.75) is 13.0 Å². The fraction of sp³-hybridized carbons (Fsp3) is 0.238. The maximum Gasteiger partial charge on any atom is 0.257 e. The lowest BCUT2D eigenvalue weighted by molar-refractivity contribution is 0.0916. The third-order valence-electron chi connectivity index (χ3n) is 3.83. The molecular weight excluding hydrogens is 392 g/mol. The molecule has 1 N–H and O–H groups in total. The molecule has 7 nitrogen and oxygen atoms in total. The molecule has 0 radical (unpaired) electrons. The van der Waals surface area contributed by atoms with Gasteiger partial charge in [0.1, 0.15) is 29.1 Å². The van der Waals surface area contributed by atoms with E-state index in [0.717, 1.165) is 5.75 Å². The van der Waals surface area contributed by atoms with Gasteiger partial charge in [0.2, 0.25) is 0 Å². The van der Waals surface area contributed by atoms with Crippen LogP contribution in [0.5, 0.6) is 23.0 Å². The molecule has 8 heteroatoms. The molecule has 3 aromatic rings. The van der Waals surface area contributed by atoms with Crippen molar-refractivity contribution in [2.24, 2.45) is 0 Å². The number of nitrogens with zero attached hydrogens (tertiary/aromatic N) is 1. The number of rotatable bonds is 9. The number of hydrogen-bond donors (Lipinski definition) is 1. The maximum atomic E-state index is 12.7. The summed E-state index contributed by atoms with van der Waals surface area (Å²) in [6.07, 6.45) is 1.44. The minimum absolute atomic E-state index is 0.189. The van der Waals surface area contributed by atoms with Crippen molar-refractivity contribution < 1.29 is 23.7 Å². The van der Waals surface area contributed by atoms with E-state index in [9.17, 15) is 4.79 Å². The standard InChI is InChI=1S/C21H22N2O5S/c1-14(13-25-2)27-18-10-15(20(24)23-21-22-8-9-29-21)11-19(12-18)28-17-6-4-16(26-3)5-7-17/h4-12,14H,13H2,1-3H3,(H,22,23,24)/t14-/m0/s1. The fourth-order valence-corrected chi connectivity index (χ4v) is 3.09. The summed E-state index contributed by atoms with van der Waals surface area (Å²) in [5.74, 6) is 2.02. The van der Waals surface area contributed by atoms with Gasteiger partial charge < -0.3 is 18.9 Å². The van der Waals surface area contributed by atoms with Crippen LogP contribution in [0.25, 0.3) is 0 Å². The Morgan fingerprint density at radius 2 is 1.79 bits per heavy atom. The molecule has 3 rings (SSSR count). The number of thiazole rings is 1. The molecule has 0 bridgehead atoms. The molecule has 2 aromatic carbocycles. The number of anilines is 1. The van der Waals surface area contributed by atoms with Gasteiger partial charge in [0, 0.05) is 30.3 Å². The zero-order valence-electron chi connectivity index (χ0n) is 16.4. The molecule has 1 heterocycles. The van der Waals surface area contributed by atoms with Crippen LogP contribution in [-0.2, 0) is 4.74 Å². The monoisotopic (exact) mass is 414 g/mol. The SMILES string of the molecule is COC[C@H](C)Oc1cc(Oc2ccc(OC)cc2)cc(C(=O)Nc2nccs2)c1. The summed E-state index contributed by atoms with van der Waals surface area (Å²) >= 11 is 1.34.